The van der Waals surface area contributed by atoms with Gasteiger partial charge in [0, 0.05) is 12.0 Å². The summed E-state index contributed by atoms with van der Waals surface area (Å²) in [5, 5.41) is 19.3. The van der Waals surface area contributed by atoms with Crippen molar-refractivity contribution in [2.45, 2.75) is 45.3 Å². The van der Waals surface area contributed by atoms with Crippen molar-refractivity contribution in [2.75, 3.05) is 13.2 Å². The molecule has 0 aromatic heterocycles. The van der Waals surface area contributed by atoms with E-state index in [1.165, 1.54) is 13.0 Å². The second kappa shape index (κ2) is 9.44. The van der Waals surface area contributed by atoms with Gasteiger partial charge in [-0.3, -0.25) is 0 Å². The van der Waals surface area contributed by atoms with Crippen molar-refractivity contribution in [3.8, 4) is 0 Å². The van der Waals surface area contributed by atoms with Gasteiger partial charge in [0.15, 0.2) is 5.79 Å². The molecule has 0 saturated carbocycles. The van der Waals surface area contributed by atoms with E-state index in [0.717, 1.165) is 18.9 Å². The Labute approximate surface area is 112 Å². The molecule has 0 aromatic rings. The van der Waals surface area contributed by atoms with Gasteiger partial charge >= 0.3 is 5.97 Å². The number of nitrogens with zero attached hydrogens (tertiary/aromatic N) is 1. The highest BCUT2D eigenvalue weighted by molar-refractivity contribution is 5.87. The summed E-state index contributed by atoms with van der Waals surface area (Å²) in [5.74, 6) is -2.66. The van der Waals surface area contributed by atoms with E-state index in [0.29, 0.717) is 6.42 Å². The normalized spacial score (nSPS) is 11.9. The summed E-state index contributed by atoms with van der Waals surface area (Å²) in [7, 11) is 0. The first-order valence-corrected chi connectivity index (χ1v) is 6.28. The lowest BCUT2D eigenvalue weighted by molar-refractivity contribution is -0.141. The third-order valence-electron chi connectivity index (χ3n) is 2.42. The fourth-order valence-electron chi connectivity index (χ4n) is 1.46. The van der Waals surface area contributed by atoms with Crippen LogP contribution in [0.25, 0.3) is 0 Å². The van der Waals surface area contributed by atoms with Crippen LogP contribution in [0.5, 0.6) is 0 Å². The van der Waals surface area contributed by atoms with Gasteiger partial charge < -0.3 is 14.9 Å². The smallest absolute Gasteiger partial charge is 0.333 e. The molecule has 0 aliphatic rings. The van der Waals surface area contributed by atoms with Crippen molar-refractivity contribution in [1.82, 2.24) is 0 Å². The Bertz CT molecular complexity index is 356. The lowest BCUT2D eigenvalue weighted by Gasteiger charge is -2.18. The second-order valence-electron chi connectivity index (χ2n) is 4.27. The molecule has 0 radical (unpaired) electrons. The number of aliphatic hydroxyl groups is 2. The van der Waals surface area contributed by atoms with Crippen LogP contribution in [0.1, 0.15) is 39.5 Å². The predicted octanol–water partition coefficient (Wildman–Crippen LogP) is 1.07. The van der Waals surface area contributed by atoms with E-state index >= 15 is 0 Å². The highest BCUT2D eigenvalue weighted by Crippen LogP contribution is 2.16. The number of hydrogen-bond donors (Lipinski definition) is 2. The fraction of sp³-hybridized carbons (Fsp3) is 0.692. The lowest BCUT2D eigenvalue weighted by atomic mass is 10.1. The quantitative estimate of drug-likeness (QED) is 0.163. The number of hydrogen-bond acceptors (Lipinski definition) is 6. The Morgan fingerprint density at radius 2 is 2.11 bits per heavy atom. The summed E-state index contributed by atoms with van der Waals surface area (Å²) in [6, 6.07) is 0. The van der Waals surface area contributed by atoms with Gasteiger partial charge in [-0.1, -0.05) is 19.8 Å². The van der Waals surface area contributed by atoms with E-state index in [9.17, 15) is 19.8 Å². The van der Waals surface area contributed by atoms with Crippen LogP contribution in [0.4, 0.5) is 0 Å². The molecule has 0 aromatic carbocycles. The summed E-state index contributed by atoms with van der Waals surface area (Å²) in [4.78, 5) is 24.5. The van der Waals surface area contributed by atoms with Crippen LogP contribution in [0, 0.1) is 0 Å². The Kier molecular flexibility index (Phi) is 8.70. The van der Waals surface area contributed by atoms with Gasteiger partial charge in [-0.15, -0.1) is 0 Å². The second-order valence-corrected chi connectivity index (χ2v) is 4.27. The zero-order valence-electron chi connectivity index (χ0n) is 11.4. The topological polar surface area (TPSA) is 96.2 Å². The summed E-state index contributed by atoms with van der Waals surface area (Å²) < 4.78 is 4.78. The Hall–Kier alpha value is -1.49. The molecule has 19 heavy (non-hydrogen) atoms. The molecular weight excluding hydrogens is 250 g/mol. The van der Waals surface area contributed by atoms with E-state index < -0.39 is 11.8 Å². The largest absolute Gasteiger partial charge is 0.460 e. The molecule has 108 valence electrons. The van der Waals surface area contributed by atoms with Crippen LogP contribution >= 0.6 is 0 Å². The van der Waals surface area contributed by atoms with Crippen molar-refractivity contribution in [3.05, 3.63) is 11.6 Å². The number of esters is 1. The van der Waals surface area contributed by atoms with Crippen LogP contribution < -0.4 is 0 Å². The number of rotatable bonds is 9. The summed E-state index contributed by atoms with van der Waals surface area (Å²) >= 11 is 0. The number of carbonyl (C=O) groups excluding carboxylic acids is 2. The first kappa shape index (κ1) is 17.5. The van der Waals surface area contributed by atoms with Crippen LogP contribution in [0.2, 0.25) is 0 Å². The molecule has 0 aliphatic heterocycles. The minimum Gasteiger partial charge on any atom is -0.460 e. The van der Waals surface area contributed by atoms with Crippen LogP contribution in [0.15, 0.2) is 16.6 Å². The number of carbonyl (C=O) groups is 1. The Morgan fingerprint density at radius 1 is 1.42 bits per heavy atom. The van der Waals surface area contributed by atoms with Gasteiger partial charge in [-0.2, -0.15) is 0 Å². The maximum Gasteiger partial charge on any atom is 0.333 e. The van der Waals surface area contributed by atoms with Gasteiger partial charge in [0.25, 0.3) is 0 Å². The summed E-state index contributed by atoms with van der Waals surface area (Å²) in [6.07, 6.45) is 5.10. The molecule has 0 atom stereocenters. The van der Waals surface area contributed by atoms with Crippen LogP contribution in [-0.4, -0.2) is 41.2 Å². The first-order chi connectivity index (χ1) is 8.93. The molecule has 0 bridgehead atoms. The highest BCUT2D eigenvalue weighted by Gasteiger charge is 2.21. The van der Waals surface area contributed by atoms with Crippen molar-refractivity contribution in [3.63, 3.8) is 0 Å². The zero-order chi connectivity index (χ0) is 14.7. The molecule has 6 nitrogen and oxygen atoms in total. The number of unbranched alkanes of at least 4 members (excludes halogenated alkanes) is 2. The standard InChI is InChI=1S/C13H21NO5/c1-3-4-5-6-13(17,18)9-11(2)12(16)19-8-7-14-10-15/h9,17-18H,3-8H2,1-2H3/b11-9+. The fourth-order valence-corrected chi connectivity index (χ4v) is 1.46. The number of aliphatic imine (C=N–C) groups is 1. The molecule has 0 amide bonds. The third kappa shape index (κ3) is 9.13. The van der Waals surface area contributed by atoms with E-state index in [1.54, 1.807) is 0 Å². The molecule has 0 rings (SSSR count). The maximum atomic E-state index is 11.5. The van der Waals surface area contributed by atoms with Crippen molar-refractivity contribution < 1.29 is 24.5 Å². The van der Waals surface area contributed by atoms with E-state index in [4.69, 9.17) is 4.74 Å². The molecule has 0 spiro atoms. The molecule has 0 unspecified atom stereocenters. The van der Waals surface area contributed by atoms with Crippen molar-refractivity contribution in [1.29, 1.82) is 0 Å². The van der Waals surface area contributed by atoms with Crippen molar-refractivity contribution >= 4 is 12.0 Å². The molecule has 2 N–H and O–H groups in total. The molecular formula is C13H21NO5. The summed E-state index contributed by atoms with van der Waals surface area (Å²) in [5.41, 5.74) is 0.108. The van der Waals surface area contributed by atoms with E-state index in [1.807, 2.05) is 6.92 Å². The zero-order valence-corrected chi connectivity index (χ0v) is 11.4. The first-order valence-electron chi connectivity index (χ1n) is 6.28. The van der Waals surface area contributed by atoms with E-state index in [-0.39, 0.29) is 25.1 Å². The molecule has 0 fully saturated rings. The SMILES string of the molecule is CCCCCC(O)(O)/C=C(\C)C(=O)OCCN=C=O. The molecule has 6 heteroatoms. The monoisotopic (exact) mass is 271 g/mol. The minimum absolute atomic E-state index is 0.0427. The Morgan fingerprint density at radius 3 is 2.68 bits per heavy atom. The average molecular weight is 271 g/mol. The number of ether oxygens (including phenoxy) is 1. The summed E-state index contributed by atoms with van der Waals surface area (Å²) in [6.45, 7) is 3.45. The van der Waals surface area contributed by atoms with Gasteiger partial charge in [0.1, 0.15) is 6.61 Å². The van der Waals surface area contributed by atoms with Gasteiger partial charge in [0.2, 0.25) is 6.08 Å². The maximum absolute atomic E-state index is 11.5. The Balaban J connectivity index is 4.26. The molecule has 0 heterocycles. The molecule has 0 aliphatic carbocycles. The van der Waals surface area contributed by atoms with E-state index in [2.05, 4.69) is 4.99 Å². The number of isocyanates is 1. The van der Waals surface area contributed by atoms with Crippen LogP contribution in [0.3, 0.4) is 0 Å². The predicted molar refractivity (Wildman–Crippen MR) is 69.0 cm³/mol. The van der Waals surface area contributed by atoms with Crippen LogP contribution in [-0.2, 0) is 14.3 Å². The van der Waals surface area contributed by atoms with Crippen molar-refractivity contribution in [2.24, 2.45) is 4.99 Å². The lowest BCUT2D eigenvalue weighted by Crippen LogP contribution is -2.26. The molecule has 0 saturated heterocycles. The average Bonchev–Trinajstić information content (AvgIpc) is 2.34. The van der Waals surface area contributed by atoms with Gasteiger partial charge in [0.05, 0.1) is 6.54 Å². The minimum atomic E-state index is -2.00. The third-order valence-corrected chi connectivity index (χ3v) is 2.42. The van der Waals surface area contributed by atoms with Gasteiger partial charge in [-0.25, -0.2) is 14.6 Å². The van der Waals surface area contributed by atoms with Gasteiger partial charge in [-0.05, 0) is 19.4 Å². The highest BCUT2D eigenvalue weighted by atomic mass is 16.5.